The zero-order valence-electron chi connectivity index (χ0n) is 22.2. The van der Waals surface area contributed by atoms with Crippen molar-refractivity contribution in [2.24, 2.45) is 0 Å². The summed E-state index contributed by atoms with van der Waals surface area (Å²) in [5, 5.41) is 0. The van der Waals surface area contributed by atoms with Gasteiger partial charge in [0.25, 0.3) is 0 Å². The van der Waals surface area contributed by atoms with E-state index in [1.807, 2.05) is 66.9 Å². The van der Waals surface area contributed by atoms with E-state index in [2.05, 4.69) is 52.6 Å². The Morgan fingerprint density at radius 2 is 0.657 bits per heavy atom. The van der Waals surface area contributed by atoms with Crippen molar-refractivity contribution >= 4 is 61.0 Å². The molecule has 0 radical (unpaired) electrons. The molecule has 0 bridgehead atoms. The molecule has 13 heteroatoms. The van der Waals surface area contributed by atoms with Crippen molar-refractivity contribution in [3.8, 4) is 0 Å². The van der Waals surface area contributed by atoms with Crippen LogP contribution in [0.4, 0.5) is 0 Å². The Hall–Kier alpha value is -0.729. The van der Waals surface area contributed by atoms with E-state index in [9.17, 15) is 0 Å². The number of halogens is 1. The Balaban J connectivity index is -0.000000698. The predicted octanol–water partition coefficient (Wildman–Crippen LogP) is 5.46. The minimum Gasteiger partial charge on any atom is -0.409 e. The molecular weight excluding hydrogens is 564 g/mol. The van der Waals surface area contributed by atoms with Gasteiger partial charge >= 0.3 is 17.6 Å². The molecule has 0 unspecified atom stereocenters. The molecule has 0 fully saturated rings. The van der Waals surface area contributed by atoms with E-state index in [-0.39, 0.29) is 0 Å². The molecule has 3 N–H and O–H groups in total. The molecule has 0 atom stereocenters. The molecule has 0 aromatic rings. The lowest BCUT2D eigenvalue weighted by atomic mass is 11.2. The van der Waals surface area contributed by atoms with Gasteiger partial charge in [0.15, 0.2) is 7.38 Å². The average Bonchev–Trinajstić information content (AvgIpc) is 2.77. The van der Waals surface area contributed by atoms with Gasteiger partial charge in [-0.2, -0.15) is 11.1 Å². The Morgan fingerprint density at radius 1 is 0.486 bits per heavy atom. The smallest absolute Gasteiger partial charge is 0.409 e. The standard InChI is InChI=1S/C16H30O3Si4.C5H9ClSi.CH6O3Si/c1-11-20(7,12-2)17-23(10,18-21(8,13-3)14-4)19-22(9,15-5)16-6;1-4-7(3,6)5-2;1-5(2,3)4/h11-16H,1-6H2,7-10H3;4-5H,1-2H2,3H3;2-4H,1H3. The molecule has 0 saturated carbocycles. The van der Waals surface area contributed by atoms with Crippen molar-refractivity contribution in [2.75, 3.05) is 0 Å². The molecule has 0 heterocycles. The first-order valence-electron chi connectivity index (χ1n) is 10.7. The number of rotatable bonds is 14. The van der Waals surface area contributed by atoms with Crippen LogP contribution < -0.4 is 0 Å². The summed E-state index contributed by atoms with van der Waals surface area (Å²) in [7, 11) is -15.3. The summed E-state index contributed by atoms with van der Waals surface area (Å²) in [6.45, 7) is 41.3. The molecule has 0 rings (SSSR count). The Morgan fingerprint density at radius 3 is 0.743 bits per heavy atom. The van der Waals surface area contributed by atoms with Crippen LogP contribution in [0.5, 0.6) is 0 Å². The minimum atomic E-state index is -3.61. The molecule has 0 aliphatic heterocycles. The SMILES string of the molecule is C=C[Si](C)(C=C)O[Si](C)(O[Si](C)(C=C)C=C)O[Si](C)(C=C)C=C.C=C[Si](C)(Cl)C=C.C[Si](O)(O)O. The molecule has 0 aliphatic rings. The van der Waals surface area contributed by atoms with Crippen LogP contribution in [-0.2, 0) is 12.3 Å². The van der Waals surface area contributed by atoms with Crippen LogP contribution in [0.15, 0.2) is 98.2 Å². The first-order chi connectivity index (χ1) is 15.6. The van der Waals surface area contributed by atoms with Crippen molar-refractivity contribution < 1.29 is 26.7 Å². The van der Waals surface area contributed by atoms with Gasteiger partial charge in [0.2, 0.25) is 25.0 Å². The van der Waals surface area contributed by atoms with Crippen LogP contribution in [0.1, 0.15) is 0 Å². The maximum Gasteiger partial charge on any atom is 0.489 e. The van der Waals surface area contributed by atoms with Crippen molar-refractivity contribution in [3.05, 3.63) is 98.2 Å². The summed E-state index contributed by atoms with van der Waals surface area (Å²) in [4.78, 5) is 23.3. The number of hydrogen-bond acceptors (Lipinski definition) is 6. The largest absolute Gasteiger partial charge is 0.489 e. The van der Waals surface area contributed by atoms with E-state index in [4.69, 9.17) is 37.8 Å². The van der Waals surface area contributed by atoms with Crippen molar-refractivity contribution in [1.82, 2.24) is 0 Å². The fourth-order valence-corrected chi connectivity index (χ4v) is 15.7. The molecule has 35 heavy (non-hydrogen) atoms. The van der Waals surface area contributed by atoms with E-state index in [1.165, 1.54) is 0 Å². The van der Waals surface area contributed by atoms with Gasteiger partial charge in [-0.1, -0.05) is 45.6 Å². The molecule has 0 aromatic heterocycles. The molecule has 200 valence electrons. The monoisotopic (exact) mass is 608 g/mol. The Labute approximate surface area is 224 Å². The normalized spacial score (nSPS) is 12.4. The highest BCUT2D eigenvalue weighted by atomic mass is 35.6. The van der Waals surface area contributed by atoms with E-state index < -0.39 is 49.9 Å². The molecule has 0 aliphatic carbocycles. The summed E-state index contributed by atoms with van der Waals surface area (Å²) in [5.74, 6) is 0. The second-order valence-corrected chi connectivity index (χ2v) is 29.7. The molecule has 0 spiro atoms. The van der Waals surface area contributed by atoms with Crippen molar-refractivity contribution in [3.63, 3.8) is 0 Å². The van der Waals surface area contributed by atoms with Gasteiger partial charge in [-0.3, -0.25) is 0 Å². The van der Waals surface area contributed by atoms with E-state index in [0.29, 0.717) is 0 Å². The second-order valence-electron chi connectivity index (χ2n) is 8.48. The van der Waals surface area contributed by atoms with Gasteiger partial charge in [-0.15, -0.1) is 52.6 Å². The van der Waals surface area contributed by atoms with Crippen molar-refractivity contribution in [2.45, 2.75) is 39.3 Å². The summed E-state index contributed by atoms with van der Waals surface area (Å²) >= 11 is 5.81. The lowest BCUT2D eigenvalue weighted by molar-refractivity contribution is 0.239. The van der Waals surface area contributed by atoms with Gasteiger partial charge in [0, 0.05) is 13.1 Å². The Bertz CT molecular complexity index is 657. The van der Waals surface area contributed by atoms with Gasteiger partial charge < -0.3 is 26.7 Å². The minimum absolute atomic E-state index is 0.993. The third-order valence-electron chi connectivity index (χ3n) is 4.45. The predicted molar refractivity (Wildman–Crippen MR) is 167 cm³/mol. The van der Waals surface area contributed by atoms with Gasteiger partial charge in [-0.05, 0) is 26.2 Å². The fourth-order valence-electron chi connectivity index (χ4n) is 1.84. The van der Waals surface area contributed by atoms with Gasteiger partial charge in [0.05, 0.1) is 0 Å². The lowest BCUT2D eigenvalue weighted by Crippen LogP contribution is -2.60. The Kier molecular flexibility index (Phi) is 17.9. The maximum atomic E-state index is 7.77. The summed E-state index contributed by atoms with van der Waals surface area (Å²) in [5.41, 5.74) is 14.5. The lowest BCUT2D eigenvalue weighted by Gasteiger charge is -2.41. The second kappa shape index (κ2) is 16.2. The topological polar surface area (TPSA) is 88.4 Å². The highest BCUT2D eigenvalue weighted by molar-refractivity contribution is 7.25. The number of hydrogen-bond donors (Lipinski definition) is 3. The fraction of sp³-hybridized carbons (Fsp3) is 0.273. The van der Waals surface area contributed by atoms with Gasteiger partial charge in [0.1, 0.15) is 0 Å². The van der Waals surface area contributed by atoms with E-state index in [1.54, 1.807) is 11.4 Å². The average molecular weight is 610 g/mol. The van der Waals surface area contributed by atoms with Crippen LogP contribution in [0.2, 0.25) is 39.3 Å². The van der Waals surface area contributed by atoms with E-state index >= 15 is 0 Å². The molecule has 0 amide bonds. The zero-order chi connectivity index (χ0) is 28.8. The summed E-state index contributed by atoms with van der Waals surface area (Å²) < 4.78 is 19.2. The van der Waals surface area contributed by atoms with Crippen LogP contribution in [-0.4, -0.2) is 64.3 Å². The van der Waals surface area contributed by atoms with Crippen LogP contribution in [0.3, 0.4) is 0 Å². The molecule has 0 aromatic carbocycles. The highest BCUT2D eigenvalue weighted by Crippen LogP contribution is 2.27. The highest BCUT2D eigenvalue weighted by Gasteiger charge is 2.48. The maximum absolute atomic E-state index is 7.77. The third kappa shape index (κ3) is 19.1. The molecule has 6 nitrogen and oxygen atoms in total. The van der Waals surface area contributed by atoms with Crippen molar-refractivity contribution in [1.29, 1.82) is 0 Å². The van der Waals surface area contributed by atoms with Crippen LogP contribution in [0, 0.1) is 0 Å². The zero-order valence-corrected chi connectivity index (χ0v) is 29.0. The van der Waals surface area contributed by atoms with Crippen LogP contribution >= 0.6 is 11.1 Å². The first-order valence-corrected chi connectivity index (χ1v) is 26.6. The summed E-state index contributed by atoms with van der Waals surface area (Å²) in [6.07, 6.45) is 0. The van der Waals surface area contributed by atoms with E-state index in [0.717, 1.165) is 6.55 Å². The molecular formula is C22H45ClO6Si6. The van der Waals surface area contributed by atoms with Crippen LogP contribution in [0.25, 0.3) is 0 Å². The van der Waals surface area contributed by atoms with Gasteiger partial charge in [-0.25, -0.2) is 0 Å². The first kappa shape index (κ1) is 38.8. The molecule has 0 saturated heterocycles. The summed E-state index contributed by atoms with van der Waals surface area (Å²) in [6, 6.07) is 0. The third-order valence-corrected chi connectivity index (χ3v) is 21.6. The quantitative estimate of drug-likeness (QED) is 0.179.